The van der Waals surface area contributed by atoms with Crippen LogP contribution in [0.1, 0.15) is 28.2 Å². The van der Waals surface area contributed by atoms with Crippen LogP contribution in [0.5, 0.6) is 11.5 Å². The van der Waals surface area contributed by atoms with Gasteiger partial charge in [-0.05, 0) is 34.9 Å². The molecular weight excluding hydrogens is 562 g/mol. The minimum atomic E-state index is -2.05. The number of rotatable bonds is 6. The number of carbonyl (C=O) groups excluding carboxylic acids is 1. The van der Waals surface area contributed by atoms with Gasteiger partial charge in [-0.25, -0.2) is 0 Å². The zero-order chi connectivity index (χ0) is 27.2. The Hall–Kier alpha value is -3.79. The van der Waals surface area contributed by atoms with E-state index in [9.17, 15) is 15.0 Å². The van der Waals surface area contributed by atoms with Gasteiger partial charge in [0.25, 0.3) is 0 Å². The number of aromatic nitrogens is 2. The lowest BCUT2D eigenvalue weighted by atomic mass is 9.70. The number of nitrogens with one attached hydrogen (secondary N) is 1. The molecule has 0 spiro atoms. The number of hydrogen-bond donors (Lipinski definition) is 3. The van der Waals surface area contributed by atoms with E-state index >= 15 is 0 Å². The van der Waals surface area contributed by atoms with Crippen molar-refractivity contribution in [2.24, 2.45) is 5.92 Å². The number of nitrogens with zero attached hydrogens (tertiary/aromatic N) is 2. The second kappa shape index (κ2) is 9.75. The molecule has 2 aromatic carbocycles. The van der Waals surface area contributed by atoms with Gasteiger partial charge in [-0.2, -0.15) is 0 Å². The van der Waals surface area contributed by atoms with Crippen LogP contribution in [0.25, 0.3) is 0 Å². The fourth-order valence-corrected chi connectivity index (χ4v) is 6.46. The summed E-state index contributed by atoms with van der Waals surface area (Å²) in [7, 11) is 1.47. The largest absolute Gasteiger partial charge is 0.495 e. The van der Waals surface area contributed by atoms with E-state index in [0.29, 0.717) is 5.56 Å². The van der Waals surface area contributed by atoms with Crippen molar-refractivity contribution in [3.63, 3.8) is 0 Å². The molecule has 1 aliphatic heterocycles. The standard InChI is InChI=1S/C30H26BrN3O5/c1-38-22-16-33-17-23-26(22)29(37)27(35)24(28(36)34-15-18-6-5-13-32-14-18)25(19-7-3-2-4-8-19)30(29,39-23)20-9-11-21(31)12-10-20/h2-14,16-17,24-25,27,35,37H,15H2,1H3,(H,34,36)/t24-,25?,27-,29+,30+/m1/s1. The van der Waals surface area contributed by atoms with Gasteiger partial charge in [-0.15, -0.1) is 0 Å². The Morgan fingerprint density at radius 3 is 2.51 bits per heavy atom. The molecule has 8 nitrogen and oxygen atoms in total. The molecule has 2 aromatic heterocycles. The SMILES string of the molecule is COc1cncc2c1[C@]1(O)[C@H](O)[C@H](C(=O)NCc3cccnc3)C(c3ccccc3)[C@]1(c1ccc(Br)cc1)O2. The Balaban J connectivity index is 1.57. The number of halogens is 1. The van der Waals surface area contributed by atoms with Crippen LogP contribution < -0.4 is 14.8 Å². The molecule has 3 heterocycles. The molecule has 0 bridgehead atoms. The van der Waals surface area contributed by atoms with Gasteiger partial charge in [0.2, 0.25) is 5.91 Å². The zero-order valence-corrected chi connectivity index (χ0v) is 22.6. The Labute approximate surface area is 233 Å². The topological polar surface area (TPSA) is 114 Å². The highest BCUT2D eigenvalue weighted by molar-refractivity contribution is 9.10. The summed E-state index contributed by atoms with van der Waals surface area (Å²) in [5.41, 5.74) is -1.23. The van der Waals surface area contributed by atoms with Crippen LogP contribution in [0.2, 0.25) is 0 Å². The summed E-state index contributed by atoms with van der Waals surface area (Å²) in [5, 5.41) is 27.8. The smallest absolute Gasteiger partial charge is 0.226 e. The van der Waals surface area contributed by atoms with Crippen LogP contribution in [0.3, 0.4) is 0 Å². The second-order valence-electron chi connectivity index (χ2n) is 9.76. The second-order valence-corrected chi connectivity index (χ2v) is 10.7. The number of fused-ring (bicyclic) bond motifs is 3. The van der Waals surface area contributed by atoms with E-state index in [4.69, 9.17) is 9.47 Å². The summed E-state index contributed by atoms with van der Waals surface area (Å²) in [6.45, 7) is 0.214. The molecule has 0 radical (unpaired) electrons. The highest BCUT2D eigenvalue weighted by atomic mass is 79.9. The van der Waals surface area contributed by atoms with Crippen LogP contribution in [0.15, 0.2) is 96.0 Å². The monoisotopic (exact) mass is 587 g/mol. The maximum absolute atomic E-state index is 14.0. The number of carbonyl (C=O) groups is 1. The molecule has 0 saturated heterocycles. The third kappa shape index (κ3) is 3.76. The maximum Gasteiger partial charge on any atom is 0.226 e. The van der Waals surface area contributed by atoms with Crippen molar-refractivity contribution < 1.29 is 24.5 Å². The van der Waals surface area contributed by atoms with Crippen molar-refractivity contribution >= 4 is 21.8 Å². The van der Waals surface area contributed by atoms with Crippen LogP contribution >= 0.6 is 15.9 Å². The molecule has 1 fully saturated rings. The van der Waals surface area contributed by atoms with E-state index < -0.39 is 35.0 Å². The van der Waals surface area contributed by atoms with Gasteiger partial charge >= 0.3 is 0 Å². The van der Waals surface area contributed by atoms with Crippen molar-refractivity contribution in [3.8, 4) is 11.5 Å². The molecular formula is C30H26BrN3O5. The fraction of sp³-hybridized carbons (Fsp3) is 0.233. The first-order valence-corrected chi connectivity index (χ1v) is 13.3. The number of methoxy groups -OCH3 is 1. The van der Waals surface area contributed by atoms with Gasteiger partial charge in [-0.1, -0.05) is 64.5 Å². The lowest BCUT2D eigenvalue weighted by Crippen LogP contribution is -2.52. The third-order valence-electron chi connectivity index (χ3n) is 7.80. The van der Waals surface area contributed by atoms with Gasteiger partial charge in [0.05, 0.1) is 31.0 Å². The zero-order valence-electron chi connectivity index (χ0n) is 21.0. The van der Waals surface area contributed by atoms with Crippen LogP contribution in [-0.4, -0.2) is 39.3 Å². The molecule has 4 aromatic rings. The molecule has 1 unspecified atom stereocenters. The van der Waals surface area contributed by atoms with Crippen LogP contribution in [0.4, 0.5) is 0 Å². The van der Waals surface area contributed by atoms with E-state index in [-0.39, 0.29) is 23.6 Å². The molecule has 2 aliphatic rings. The first-order valence-electron chi connectivity index (χ1n) is 12.5. The summed E-state index contributed by atoms with van der Waals surface area (Å²) < 4.78 is 13.1. The normalized spacial score (nSPS) is 26.8. The van der Waals surface area contributed by atoms with E-state index in [2.05, 4.69) is 31.2 Å². The van der Waals surface area contributed by atoms with Crippen LogP contribution in [-0.2, 0) is 22.5 Å². The molecule has 5 atom stereocenters. The van der Waals surface area contributed by atoms with Crippen molar-refractivity contribution in [3.05, 3.63) is 118 Å². The summed E-state index contributed by atoms with van der Waals surface area (Å²) in [4.78, 5) is 22.3. The molecule has 6 rings (SSSR count). The third-order valence-corrected chi connectivity index (χ3v) is 8.33. The Morgan fingerprint density at radius 2 is 1.82 bits per heavy atom. The van der Waals surface area contributed by atoms with Gasteiger partial charge in [0.15, 0.2) is 11.2 Å². The van der Waals surface area contributed by atoms with Crippen LogP contribution in [0, 0.1) is 5.92 Å². The van der Waals surface area contributed by atoms with Gasteiger partial charge in [0, 0.05) is 29.3 Å². The van der Waals surface area contributed by atoms with Gasteiger partial charge in [-0.3, -0.25) is 14.8 Å². The lowest BCUT2D eigenvalue weighted by molar-refractivity contribution is -0.154. The van der Waals surface area contributed by atoms with E-state index in [1.807, 2.05) is 60.7 Å². The summed E-state index contributed by atoms with van der Waals surface area (Å²) in [6.07, 6.45) is 4.74. The molecule has 1 saturated carbocycles. The van der Waals surface area contributed by atoms with Gasteiger partial charge < -0.3 is 25.0 Å². The maximum atomic E-state index is 14.0. The highest BCUT2D eigenvalue weighted by Gasteiger charge is 2.78. The minimum absolute atomic E-state index is 0.214. The van der Waals surface area contributed by atoms with E-state index in [1.165, 1.54) is 19.5 Å². The molecule has 1 amide bonds. The molecule has 9 heteroatoms. The highest BCUT2D eigenvalue weighted by Crippen LogP contribution is 2.69. The fourth-order valence-electron chi connectivity index (χ4n) is 6.19. The van der Waals surface area contributed by atoms with E-state index in [1.54, 1.807) is 18.5 Å². The lowest BCUT2D eigenvalue weighted by Gasteiger charge is -2.40. The van der Waals surface area contributed by atoms with Crippen molar-refractivity contribution in [1.29, 1.82) is 0 Å². The van der Waals surface area contributed by atoms with Crippen molar-refractivity contribution in [2.45, 2.75) is 29.8 Å². The Kier molecular flexibility index (Phi) is 6.37. The summed E-state index contributed by atoms with van der Waals surface area (Å²) in [5.74, 6) is -1.74. The predicted molar refractivity (Wildman–Crippen MR) is 146 cm³/mol. The Morgan fingerprint density at radius 1 is 1.05 bits per heavy atom. The summed E-state index contributed by atoms with van der Waals surface area (Å²) in [6, 6.07) is 20.4. The molecule has 3 N–H and O–H groups in total. The number of aliphatic hydroxyl groups excluding tert-OH is 1. The summed E-state index contributed by atoms with van der Waals surface area (Å²) >= 11 is 3.49. The van der Waals surface area contributed by atoms with E-state index in [0.717, 1.165) is 15.6 Å². The number of pyridine rings is 2. The first-order chi connectivity index (χ1) is 18.9. The average molecular weight is 588 g/mol. The van der Waals surface area contributed by atoms with Gasteiger partial charge in [0.1, 0.15) is 17.6 Å². The Bertz CT molecular complexity index is 1500. The van der Waals surface area contributed by atoms with Crippen molar-refractivity contribution in [2.75, 3.05) is 7.11 Å². The number of hydrogen-bond acceptors (Lipinski definition) is 7. The molecule has 1 aliphatic carbocycles. The predicted octanol–water partition coefficient (Wildman–Crippen LogP) is 3.81. The first kappa shape index (κ1) is 25.5. The molecule has 198 valence electrons. The quantitative estimate of drug-likeness (QED) is 0.314. The number of benzene rings is 2. The number of aliphatic hydroxyl groups is 2. The van der Waals surface area contributed by atoms with Crippen molar-refractivity contribution in [1.82, 2.24) is 15.3 Å². The number of amides is 1. The number of ether oxygens (including phenoxy) is 2. The average Bonchev–Trinajstić information content (AvgIpc) is 3.35. The molecule has 39 heavy (non-hydrogen) atoms. The minimum Gasteiger partial charge on any atom is -0.495 e.